The third-order valence-corrected chi connectivity index (χ3v) is 2.78. The number of nitrogens with zero attached hydrogens (tertiary/aromatic N) is 2. The second kappa shape index (κ2) is 3.07. The Balaban J connectivity index is 1.71. The van der Waals surface area contributed by atoms with Crippen LogP contribution in [0.2, 0.25) is 0 Å². The fourth-order valence-corrected chi connectivity index (χ4v) is 2.00. The molecule has 1 unspecified atom stereocenters. The van der Waals surface area contributed by atoms with Crippen LogP contribution in [0.1, 0.15) is 17.3 Å². The van der Waals surface area contributed by atoms with Crippen molar-refractivity contribution in [2.24, 2.45) is 0 Å². The van der Waals surface area contributed by atoms with Crippen molar-refractivity contribution in [3.63, 3.8) is 0 Å². The first-order valence-electron chi connectivity index (χ1n) is 5.10. The summed E-state index contributed by atoms with van der Waals surface area (Å²) in [7, 11) is 0. The summed E-state index contributed by atoms with van der Waals surface area (Å²) in [6.45, 7) is 5.88. The third-order valence-electron chi connectivity index (χ3n) is 2.78. The summed E-state index contributed by atoms with van der Waals surface area (Å²) in [5.74, 6) is 1.87. The molecular formula is C10H14N2O2. The average molecular weight is 194 g/mol. The standard InChI is InChI=1S/C10H14N2O2/c1-7-11-9-5-12(4-8-6-13-8)3-2-10(9)14-7/h8H,2-6H2,1H3. The van der Waals surface area contributed by atoms with Crippen LogP contribution >= 0.6 is 0 Å². The second-order valence-electron chi connectivity index (χ2n) is 4.04. The molecule has 0 spiro atoms. The predicted molar refractivity (Wildman–Crippen MR) is 50.0 cm³/mol. The van der Waals surface area contributed by atoms with Crippen LogP contribution in [0, 0.1) is 6.92 Å². The van der Waals surface area contributed by atoms with E-state index in [1.54, 1.807) is 0 Å². The van der Waals surface area contributed by atoms with E-state index in [2.05, 4.69) is 9.88 Å². The van der Waals surface area contributed by atoms with E-state index in [0.29, 0.717) is 6.10 Å². The molecule has 14 heavy (non-hydrogen) atoms. The molecule has 3 rings (SSSR count). The first kappa shape index (κ1) is 8.44. The van der Waals surface area contributed by atoms with Crippen molar-refractivity contribution in [2.45, 2.75) is 26.0 Å². The summed E-state index contributed by atoms with van der Waals surface area (Å²) in [5, 5.41) is 0. The quantitative estimate of drug-likeness (QED) is 0.651. The first-order valence-corrected chi connectivity index (χ1v) is 5.10. The van der Waals surface area contributed by atoms with Crippen molar-refractivity contribution in [1.29, 1.82) is 0 Å². The number of aromatic nitrogens is 1. The maximum Gasteiger partial charge on any atom is 0.191 e. The van der Waals surface area contributed by atoms with Crippen LogP contribution in [-0.2, 0) is 17.7 Å². The Morgan fingerprint density at radius 2 is 2.43 bits per heavy atom. The van der Waals surface area contributed by atoms with Gasteiger partial charge in [0, 0.05) is 33.0 Å². The summed E-state index contributed by atoms with van der Waals surface area (Å²) in [6, 6.07) is 0. The fraction of sp³-hybridized carbons (Fsp3) is 0.700. The minimum Gasteiger partial charge on any atom is -0.446 e. The van der Waals surface area contributed by atoms with Crippen LogP contribution in [0.4, 0.5) is 0 Å². The number of ether oxygens (including phenoxy) is 1. The second-order valence-corrected chi connectivity index (χ2v) is 4.04. The molecule has 2 aliphatic rings. The molecule has 2 aliphatic heterocycles. The zero-order chi connectivity index (χ0) is 9.54. The number of fused-ring (bicyclic) bond motifs is 1. The molecule has 1 atom stereocenters. The molecule has 76 valence electrons. The SMILES string of the molecule is Cc1nc2c(o1)CCN(CC1CO1)C2. The highest BCUT2D eigenvalue weighted by Gasteiger charge is 2.28. The van der Waals surface area contributed by atoms with Crippen molar-refractivity contribution in [3.8, 4) is 0 Å². The van der Waals surface area contributed by atoms with Gasteiger partial charge in [-0.1, -0.05) is 0 Å². The molecule has 1 fully saturated rings. The lowest BCUT2D eigenvalue weighted by molar-refractivity contribution is 0.215. The van der Waals surface area contributed by atoms with Crippen LogP contribution in [0.3, 0.4) is 0 Å². The number of aryl methyl sites for hydroxylation is 1. The van der Waals surface area contributed by atoms with Crippen LogP contribution < -0.4 is 0 Å². The smallest absolute Gasteiger partial charge is 0.191 e. The van der Waals surface area contributed by atoms with Crippen molar-refractivity contribution in [1.82, 2.24) is 9.88 Å². The molecule has 4 nitrogen and oxygen atoms in total. The van der Waals surface area contributed by atoms with Gasteiger partial charge in [-0.05, 0) is 0 Å². The average Bonchev–Trinajstić information content (AvgIpc) is 2.86. The van der Waals surface area contributed by atoms with Gasteiger partial charge in [0.1, 0.15) is 5.76 Å². The largest absolute Gasteiger partial charge is 0.446 e. The van der Waals surface area contributed by atoms with Gasteiger partial charge in [-0.3, -0.25) is 4.90 Å². The van der Waals surface area contributed by atoms with Gasteiger partial charge in [-0.15, -0.1) is 0 Å². The zero-order valence-electron chi connectivity index (χ0n) is 8.32. The predicted octanol–water partition coefficient (Wildman–Crippen LogP) is 0.740. The van der Waals surface area contributed by atoms with Crippen LogP contribution in [-0.4, -0.2) is 35.7 Å². The monoisotopic (exact) mass is 194 g/mol. The summed E-state index contributed by atoms with van der Waals surface area (Å²) < 4.78 is 10.7. The van der Waals surface area contributed by atoms with Gasteiger partial charge in [0.2, 0.25) is 0 Å². The number of rotatable bonds is 2. The van der Waals surface area contributed by atoms with Crippen LogP contribution in [0.15, 0.2) is 4.42 Å². The topological polar surface area (TPSA) is 41.8 Å². The van der Waals surface area contributed by atoms with Gasteiger partial charge in [0.25, 0.3) is 0 Å². The lowest BCUT2D eigenvalue weighted by Crippen LogP contribution is -2.33. The van der Waals surface area contributed by atoms with E-state index >= 15 is 0 Å². The first-order chi connectivity index (χ1) is 6.81. The summed E-state index contributed by atoms with van der Waals surface area (Å²) >= 11 is 0. The maximum atomic E-state index is 5.51. The summed E-state index contributed by atoms with van der Waals surface area (Å²) in [4.78, 5) is 6.77. The number of epoxide rings is 1. The van der Waals surface area contributed by atoms with E-state index in [1.807, 2.05) is 6.92 Å². The summed E-state index contributed by atoms with van der Waals surface area (Å²) in [6.07, 6.45) is 1.47. The molecule has 3 heterocycles. The lowest BCUT2D eigenvalue weighted by atomic mass is 10.1. The molecule has 0 saturated carbocycles. The lowest BCUT2D eigenvalue weighted by Gasteiger charge is -2.23. The number of oxazole rings is 1. The molecular weight excluding hydrogens is 180 g/mol. The molecule has 0 amide bonds. The van der Waals surface area contributed by atoms with Crippen molar-refractivity contribution in [3.05, 3.63) is 17.3 Å². The van der Waals surface area contributed by atoms with E-state index in [4.69, 9.17) is 9.15 Å². The highest BCUT2D eigenvalue weighted by Crippen LogP contribution is 2.21. The van der Waals surface area contributed by atoms with Crippen LogP contribution in [0.25, 0.3) is 0 Å². The van der Waals surface area contributed by atoms with Gasteiger partial charge in [0.15, 0.2) is 5.89 Å². The highest BCUT2D eigenvalue weighted by atomic mass is 16.6. The Kier molecular flexibility index (Phi) is 1.85. The van der Waals surface area contributed by atoms with Crippen molar-refractivity contribution in [2.75, 3.05) is 19.7 Å². The Morgan fingerprint density at radius 1 is 1.57 bits per heavy atom. The van der Waals surface area contributed by atoms with E-state index in [1.165, 1.54) is 0 Å². The molecule has 1 aromatic rings. The summed E-state index contributed by atoms with van der Waals surface area (Å²) in [5.41, 5.74) is 1.12. The zero-order valence-corrected chi connectivity index (χ0v) is 8.32. The van der Waals surface area contributed by atoms with Gasteiger partial charge in [-0.25, -0.2) is 4.98 Å². The third kappa shape index (κ3) is 1.55. The number of hydrogen-bond acceptors (Lipinski definition) is 4. The molecule has 4 heteroatoms. The van der Waals surface area contributed by atoms with Gasteiger partial charge >= 0.3 is 0 Å². The maximum absolute atomic E-state index is 5.51. The normalized spacial score (nSPS) is 26.2. The van der Waals surface area contributed by atoms with Crippen molar-refractivity contribution < 1.29 is 9.15 Å². The van der Waals surface area contributed by atoms with Gasteiger partial charge < -0.3 is 9.15 Å². The van der Waals surface area contributed by atoms with E-state index in [-0.39, 0.29) is 0 Å². The van der Waals surface area contributed by atoms with Crippen molar-refractivity contribution >= 4 is 0 Å². The Labute approximate surface area is 82.9 Å². The Hall–Kier alpha value is -0.870. The fourth-order valence-electron chi connectivity index (χ4n) is 2.00. The molecule has 1 aromatic heterocycles. The van der Waals surface area contributed by atoms with Gasteiger partial charge in [0.05, 0.1) is 18.4 Å². The number of hydrogen-bond donors (Lipinski definition) is 0. The van der Waals surface area contributed by atoms with Gasteiger partial charge in [-0.2, -0.15) is 0 Å². The molecule has 1 saturated heterocycles. The van der Waals surface area contributed by atoms with Crippen LogP contribution in [0.5, 0.6) is 0 Å². The minimum absolute atomic E-state index is 0.476. The van der Waals surface area contributed by atoms with E-state index < -0.39 is 0 Å². The molecule has 0 radical (unpaired) electrons. The highest BCUT2D eigenvalue weighted by molar-refractivity contribution is 5.13. The molecule has 0 aromatic carbocycles. The van der Waals surface area contributed by atoms with E-state index in [9.17, 15) is 0 Å². The van der Waals surface area contributed by atoms with E-state index in [0.717, 1.165) is 50.0 Å². The minimum atomic E-state index is 0.476. The molecule has 0 aliphatic carbocycles. The molecule has 0 bridgehead atoms. The Morgan fingerprint density at radius 3 is 3.21 bits per heavy atom. The Bertz CT molecular complexity index is 344. The molecule has 0 N–H and O–H groups in total.